The quantitative estimate of drug-likeness (QED) is 0.873. The van der Waals surface area contributed by atoms with Crippen LogP contribution in [0.5, 0.6) is 0 Å². The summed E-state index contributed by atoms with van der Waals surface area (Å²) in [7, 11) is 0. The molecule has 2 atom stereocenters. The van der Waals surface area contributed by atoms with Crippen LogP contribution in [-0.2, 0) is 6.54 Å². The molecule has 114 valence electrons. The fourth-order valence-corrected chi connectivity index (χ4v) is 4.11. The Balaban J connectivity index is 1.41. The topological polar surface area (TPSA) is 36.4 Å². The Morgan fingerprint density at radius 3 is 2.95 bits per heavy atom. The average molecular weight is 313 g/mol. The molecule has 2 aliphatic heterocycles. The highest BCUT2D eigenvalue weighted by molar-refractivity contribution is 7.07. The van der Waals surface area contributed by atoms with Crippen LogP contribution >= 0.6 is 11.3 Å². The van der Waals surface area contributed by atoms with Gasteiger partial charge in [0.15, 0.2) is 0 Å². The average Bonchev–Trinajstić information content (AvgIpc) is 3.14. The van der Waals surface area contributed by atoms with Crippen LogP contribution in [0.15, 0.2) is 35.2 Å². The first-order valence-corrected chi connectivity index (χ1v) is 8.62. The Morgan fingerprint density at radius 1 is 1.32 bits per heavy atom. The summed E-state index contributed by atoms with van der Waals surface area (Å²) >= 11 is 1.48. The molecule has 0 N–H and O–H groups in total. The molecule has 3 heterocycles. The van der Waals surface area contributed by atoms with E-state index in [1.54, 1.807) is 5.51 Å². The molecule has 2 aromatic rings. The normalized spacial score (nSPS) is 24.1. The molecule has 0 bridgehead atoms. The molecule has 22 heavy (non-hydrogen) atoms. The molecule has 2 aliphatic rings. The first kappa shape index (κ1) is 13.9. The van der Waals surface area contributed by atoms with Gasteiger partial charge in [-0.2, -0.15) is 0 Å². The number of aromatic nitrogens is 1. The Hall–Kier alpha value is -1.72. The van der Waals surface area contributed by atoms with Crippen LogP contribution in [0.3, 0.4) is 0 Å². The van der Waals surface area contributed by atoms with Crippen LogP contribution < -0.4 is 0 Å². The van der Waals surface area contributed by atoms with E-state index in [4.69, 9.17) is 0 Å². The first-order chi connectivity index (χ1) is 10.7. The third-order valence-corrected chi connectivity index (χ3v) is 5.50. The summed E-state index contributed by atoms with van der Waals surface area (Å²) in [5, 5.41) is 1.84. The van der Waals surface area contributed by atoms with Gasteiger partial charge in [0, 0.05) is 43.5 Å². The van der Waals surface area contributed by atoms with Crippen LogP contribution in [0.1, 0.15) is 21.6 Å². The lowest BCUT2D eigenvalue weighted by molar-refractivity contribution is 0.0431. The number of rotatable bonds is 3. The van der Waals surface area contributed by atoms with E-state index in [2.05, 4.69) is 41.1 Å². The van der Waals surface area contributed by atoms with Crippen molar-refractivity contribution in [2.45, 2.75) is 19.5 Å². The summed E-state index contributed by atoms with van der Waals surface area (Å²) < 4.78 is 0. The van der Waals surface area contributed by atoms with Gasteiger partial charge >= 0.3 is 0 Å². The zero-order valence-corrected chi connectivity index (χ0v) is 13.4. The molecule has 0 aliphatic carbocycles. The maximum atomic E-state index is 12.4. The zero-order chi connectivity index (χ0) is 15.1. The summed E-state index contributed by atoms with van der Waals surface area (Å²) in [5.74, 6) is 0.720. The second-order valence-electron chi connectivity index (χ2n) is 6.27. The number of fused-ring (bicyclic) bond motifs is 1. The highest BCUT2D eigenvalue weighted by atomic mass is 32.1. The maximum absolute atomic E-state index is 12.4. The number of amides is 1. The Bertz CT molecular complexity index is 685. The third-order valence-electron chi connectivity index (χ3n) is 4.92. The van der Waals surface area contributed by atoms with Crippen LogP contribution in [0, 0.1) is 12.8 Å². The van der Waals surface area contributed by atoms with Crippen molar-refractivity contribution in [3.63, 3.8) is 0 Å². The molecule has 1 aromatic carbocycles. The highest BCUT2D eigenvalue weighted by Gasteiger charge is 2.46. The molecule has 2 unspecified atom stereocenters. The van der Waals surface area contributed by atoms with E-state index >= 15 is 0 Å². The molecule has 4 rings (SSSR count). The van der Waals surface area contributed by atoms with Crippen LogP contribution in [0.2, 0.25) is 0 Å². The van der Waals surface area contributed by atoms with E-state index < -0.39 is 0 Å². The van der Waals surface area contributed by atoms with Crippen LogP contribution in [0.4, 0.5) is 0 Å². The molecule has 5 heteroatoms. The minimum atomic E-state index is 0.0893. The number of aryl methyl sites for hydroxylation is 1. The number of hydrogen-bond acceptors (Lipinski definition) is 4. The number of thiazole rings is 1. The molecular weight excluding hydrogens is 294 g/mol. The van der Waals surface area contributed by atoms with Gasteiger partial charge in [0.05, 0.1) is 5.51 Å². The number of carbonyl (C=O) groups excluding carboxylic acids is 1. The highest BCUT2D eigenvalue weighted by Crippen LogP contribution is 2.34. The van der Waals surface area contributed by atoms with Gasteiger partial charge in [-0.25, -0.2) is 4.98 Å². The molecule has 0 radical (unpaired) electrons. The Morgan fingerprint density at radius 2 is 2.18 bits per heavy atom. The number of hydrogen-bond donors (Lipinski definition) is 0. The van der Waals surface area contributed by atoms with Gasteiger partial charge in [-0.1, -0.05) is 24.3 Å². The van der Waals surface area contributed by atoms with Gasteiger partial charge in [-0.15, -0.1) is 11.3 Å². The van der Waals surface area contributed by atoms with E-state index in [1.807, 2.05) is 10.3 Å². The van der Waals surface area contributed by atoms with Crippen molar-refractivity contribution in [3.8, 4) is 0 Å². The standard InChI is InChI=1S/C17H19N3OS/c1-12-4-2-3-5-13(12)6-19-7-14-8-20(9-16(14)19)17(21)15-10-22-11-18-15/h2-5,10-11,14,16H,6-9H2,1H3. The summed E-state index contributed by atoms with van der Waals surface area (Å²) in [6.45, 7) is 5.98. The first-order valence-electron chi connectivity index (χ1n) is 7.68. The van der Waals surface area contributed by atoms with E-state index in [9.17, 15) is 4.79 Å². The van der Waals surface area contributed by atoms with Crippen molar-refractivity contribution in [3.05, 3.63) is 52.0 Å². The van der Waals surface area contributed by atoms with Crippen molar-refractivity contribution >= 4 is 17.2 Å². The zero-order valence-electron chi connectivity index (χ0n) is 12.6. The third kappa shape index (κ3) is 2.34. The van der Waals surface area contributed by atoms with Crippen molar-refractivity contribution in [2.24, 2.45) is 5.92 Å². The minimum Gasteiger partial charge on any atom is -0.335 e. The summed E-state index contributed by atoms with van der Waals surface area (Å²) in [6, 6.07) is 9.07. The molecule has 0 spiro atoms. The molecule has 2 saturated heterocycles. The molecule has 1 amide bonds. The predicted molar refractivity (Wildman–Crippen MR) is 86.9 cm³/mol. The van der Waals surface area contributed by atoms with Crippen molar-refractivity contribution < 1.29 is 4.79 Å². The monoisotopic (exact) mass is 313 g/mol. The van der Waals surface area contributed by atoms with Gasteiger partial charge in [0.25, 0.3) is 5.91 Å². The van der Waals surface area contributed by atoms with Gasteiger partial charge in [0.1, 0.15) is 5.69 Å². The van der Waals surface area contributed by atoms with E-state index in [1.165, 1.54) is 22.5 Å². The van der Waals surface area contributed by atoms with E-state index in [0.717, 1.165) is 26.2 Å². The number of benzene rings is 1. The SMILES string of the molecule is Cc1ccccc1CN1CC2CN(C(=O)c3cscn3)CC21. The fourth-order valence-electron chi connectivity index (χ4n) is 3.58. The second kappa shape index (κ2) is 5.48. The molecule has 4 nitrogen and oxygen atoms in total. The minimum absolute atomic E-state index is 0.0893. The smallest absolute Gasteiger partial charge is 0.273 e. The van der Waals surface area contributed by atoms with Gasteiger partial charge in [0.2, 0.25) is 0 Å². The largest absolute Gasteiger partial charge is 0.335 e. The Kier molecular flexibility index (Phi) is 3.47. The molecular formula is C17H19N3OS. The van der Waals surface area contributed by atoms with Crippen molar-refractivity contribution in [1.29, 1.82) is 0 Å². The van der Waals surface area contributed by atoms with E-state index in [0.29, 0.717) is 17.7 Å². The van der Waals surface area contributed by atoms with Crippen molar-refractivity contribution in [1.82, 2.24) is 14.8 Å². The molecule has 1 aromatic heterocycles. The van der Waals surface area contributed by atoms with Crippen molar-refractivity contribution in [2.75, 3.05) is 19.6 Å². The number of likely N-dealkylation sites (tertiary alicyclic amines) is 2. The lowest BCUT2D eigenvalue weighted by atomic mass is 9.91. The van der Waals surface area contributed by atoms with Crippen LogP contribution in [0.25, 0.3) is 0 Å². The molecule has 2 fully saturated rings. The fraction of sp³-hybridized carbons (Fsp3) is 0.412. The number of carbonyl (C=O) groups is 1. The molecule has 0 saturated carbocycles. The Labute approximate surface area is 134 Å². The second-order valence-corrected chi connectivity index (χ2v) is 6.99. The summed E-state index contributed by atoms with van der Waals surface area (Å²) in [5.41, 5.74) is 5.06. The van der Waals surface area contributed by atoms with Gasteiger partial charge in [-0.3, -0.25) is 9.69 Å². The van der Waals surface area contributed by atoms with Gasteiger partial charge < -0.3 is 4.90 Å². The summed E-state index contributed by atoms with van der Waals surface area (Å²) in [4.78, 5) is 21.0. The lowest BCUT2D eigenvalue weighted by Gasteiger charge is -2.43. The van der Waals surface area contributed by atoms with Gasteiger partial charge in [-0.05, 0) is 18.1 Å². The lowest BCUT2D eigenvalue weighted by Crippen LogP contribution is -2.54. The van der Waals surface area contributed by atoms with Crippen LogP contribution in [-0.4, -0.2) is 46.4 Å². The summed E-state index contributed by atoms with van der Waals surface area (Å²) in [6.07, 6.45) is 0. The number of nitrogens with zero attached hydrogens (tertiary/aromatic N) is 3. The van der Waals surface area contributed by atoms with E-state index in [-0.39, 0.29) is 5.91 Å². The predicted octanol–water partition coefficient (Wildman–Crippen LogP) is 2.41. The maximum Gasteiger partial charge on any atom is 0.273 e.